The van der Waals surface area contributed by atoms with Crippen molar-refractivity contribution in [3.05, 3.63) is 58.7 Å². The second kappa shape index (κ2) is 11.1. The number of aliphatic hydroxyl groups excluding tert-OH is 1. The molecule has 2 aromatic carbocycles. The van der Waals surface area contributed by atoms with Gasteiger partial charge in [0.25, 0.3) is 11.7 Å². The fraction of sp³-hybridized carbons (Fsp3) is 0.467. The second-order valence-electron chi connectivity index (χ2n) is 10.2. The number of amides is 1. The summed E-state index contributed by atoms with van der Waals surface area (Å²) < 4.78 is 23.1. The van der Waals surface area contributed by atoms with Crippen LogP contribution in [0.3, 0.4) is 0 Å². The molecule has 2 fully saturated rings. The first kappa shape index (κ1) is 26.1. The van der Waals surface area contributed by atoms with Crippen LogP contribution in [0.2, 0.25) is 0 Å². The Hall–Kier alpha value is -3.52. The van der Waals surface area contributed by atoms with E-state index in [0.29, 0.717) is 42.3 Å². The summed E-state index contributed by atoms with van der Waals surface area (Å²) in [4.78, 5) is 28.3. The molecule has 0 saturated carbocycles. The average molecular weight is 522 g/mol. The van der Waals surface area contributed by atoms with Gasteiger partial charge in [0.1, 0.15) is 17.6 Å². The van der Waals surface area contributed by atoms with E-state index >= 15 is 0 Å². The summed E-state index contributed by atoms with van der Waals surface area (Å²) in [5, 5.41) is 11.5. The molecule has 38 heavy (non-hydrogen) atoms. The highest BCUT2D eigenvalue weighted by atomic mass is 16.5. The molecular weight excluding hydrogens is 486 g/mol. The van der Waals surface area contributed by atoms with Crippen molar-refractivity contribution >= 4 is 17.4 Å². The van der Waals surface area contributed by atoms with Crippen LogP contribution in [0.4, 0.5) is 0 Å². The summed E-state index contributed by atoms with van der Waals surface area (Å²) in [5.41, 5.74) is 2.15. The lowest BCUT2D eigenvalue weighted by molar-refractivity contribution is -0.140. The lowest BCUT2D eigenvalue weighted by Gasteiger charge is -2.28. The van der Waals surface area contributed by atoms with Crippen molar-refractivity contribution in [2.45, 2.75) is 64.2 Å². The molecule has 0 aliphatic carbocycles. The molecule has 0 spiro atoms. The molecule has 1 N–H and O–H groups in total. The first-order valence-corrected chi connectivity index (χ1v) is 13.4. The average Bonchev–Trinajstić information content (AvgIpc) is 3.63. The lowest BCUT2D eigenvalue weighted by Crippen LogP contribution is -2.36. The van der Waals surface area contributed by atoms with Crippen molar-refractivity contribution in [1.82, 2.24) is 4.90 Å². The van der Waals surface area contributed by atoms with E-state index in [4.69, 9.17) is 18.9 Å². The largest absolute Gasteiger partial charge is 0.507 e. The molecule has 202 valence electrons. The summed E-state index contributed by atoms with van der Waals surface area (Å²) in [6.07, 6.45) is 4.24. The molecule has 3 heterocycles. The summed E-state index contributed by atoms with van der Waals surface area (Å²) in [6, 6.07) is 9.98. The minimum absolute atomic E-state index is 0.0462. The maximum absolute atomic E-state index is 13.4. The highest BCUT2D eigenvalue weighted by Gasteiger charge is 2.47. The van der Waals surface area contributed by atoms with E-state index in [-0.39, 0.29) is 30.1 Å². The molecular formula is C30H35NO7. The fourth-order valence-electron chi connectivity index (χ4n) is 5.45. The number of unbranched alkanes of at least 4 members (excludes halogenated alkanes) is 1. The number of carbonyl (C=O) groups excluding carboxylic acids is 2. The van der Waals surface area contributed by atoms with Gasteiger partial charge in [-0.25, -0.2) is 0 Å². The van der Waals surface area contributed by atoms with Crippen molar-refractivity contribution in [2.24, 2.45) is 0 Å². The molecule has 2 saturated heterocycles. The van der Waals surface area contributed by atoms with E-state index in [9.17, 15) is 14.7 Å². The Morgan fingerprint density at radius 3 is 2.74 bits per heavy atom. The molecule has 8 nitrogen and oxygen atoms in total. The minimum Gasteiger partial charge on any atom is -0.507 e. The van der Waals surface area contributed by atoms with Gasteiger partial charge in [0, 0.05) is 25.1 Å². The van der Waals surface area contributed by atoms with Crippen LogP contribution in [0.25, 0.3) is 5.76 Å². The highest BCUT2D eigenvalue weighted by molar-refractivity contribution is 6.46. The van der Waals surface area contributed by atoms with Crippen LogP contribution in [0, 0.1) is 0 Å². The number of methoxy groups -OCH3 is 1. The zero-order chi connectivity index (χ0) is 26.8. The molecule has 3 unspecified atom stereocenters. The van der Waals surface area contributed by atoms with E-state index in [0.717, 1.165) is 37.0 Å². The Kier molecular flexibility index (Phi) is 7.61. The standard InChI is InChI=1S/C30H35NO7/c1-4-5-12-37-24-11-8-19(16-25(24)35-3)27-26(29(33)30(34)31(27)17-22-7-6-13-36-22)28(32)20-9-10-23-21(15-20)14-18(2)38-23/h8-11,15-16,18,22,27,32H,4-7,12-14,17H2,1-3H3. The van der Waals surface area contributed by atoms with Crippen molar-refractivity contribution < 1.29 is 33.6 Å². The quantitative estimate of drug-likeness (QED) is 0.219. The Labute approximate surface area is 223 Å². The first-order valence-electron chi connectivity index (χ1n) is 13.4. The zero-order valence-electron chi connectivity index (χ0n) is 22.2. The van der Waals surface area contributed by atoms with Gasteiger partial charge in [0.05, 0.1) is 31.4 Å². The highest BCUT2D eigenvalue weighted by Crippen LogP contribution is 2.43. The van der Waals surface area contributed by atoms with Crippen LogP contribution < -0.4 is 14.2 Å². The predicted octanol–water partition coefficient (Wildman–Crippen LogP) is 4.80. The van der Waals surface area contributed by atoms with Gasteiger partial charge in [-0.2, -0.15) is 0 Å². The van der Waals surface area contributed by atoms with E-state index in [1.54, 1.807) is 31.4 Å². The van der Waals surface area contributed by atoms with E-state index in [2.05, 4.69) is 6.92 Å². The summed E-state index contributed by atoms with van der Waals surface area (Å²) >= 11 is 0. The van der Waals surface area contributed by atoms with Gasteiger partial charge in [-0.05, 0) is 67.6 Å². The van der Waals surface area contributed by atoms with Gasteiger partial charge >= 0.3 is 0 Å². The Morgan fingerprint density at radius 2 is 2.00 bits per heavy atom. The van der Waals surface area contributed by atoms with Crippen LogP contribution in [-0.2, 0) is 20.7 Å². The molecule has 5 rings (SSSR count). The van der Waals surface area contributed by atoms with Crippen molar-refractivity contribution in [3.8, 4) is 17.2 Å². The third-order valence-corrected chi connectivity index (χ3v) is 7.39. The molecule has 0 bridgehead atoms. The molecule has 0 aromatic heterocycles. The number of hydrogen-bond acceptors (Lipinski definition) is 7. The van der Waals surface area contributed by atoms with Crippen molar-refractivity contribution in [2.75, 3.05) is 26.9 Å². The maximum atomic E-state index is 13.4. The molecule has 1 amide bonds. The number of likely N-dealkylation sites (tertiary alicyclic amines) is 1. The molecule has 2 aromatic rings. The summed E-state index contributed by atoms with van der Waals surface area (Å²) in [5.74, 6) is 0.310. The number of nitrogens with zero attached hydrogens (tertiary/aromatic N) is 1. The van der Waals surface area contributed by atoms with E-state index in [1.807, 2.05) is 19.1 Å². The topological polar surface area (TPSA) is 94.5 Å². The number of hydrogen-bond donors (Lipinski definition) is 1. The number of ether oxygens (including phenoxy) is 4. The summed E-state index contributed by atoms with van der Waals surface area (Å²) in [7, 11) is 1.56. The van der Waals surface area contributed by atoms with Crippen molar-refractivity contribution in [3.63, 3.8) is 0 Å². The number of fused-ring (bicyclic) bond motifs is 1. The van der Waals surface area contributed by atoms with Crippen LogP contribution in [0.15, 0.2) is 42.0 Å². The van der Waals surface area contributed by atoms with Crippen LogP contribution >= 0.6 is 0 Å². The normalized spacial score (nSPS) is 24.0. The van der Waals surface area contributed by atoms with Gasteiger partial charge in [-0.1, -0.05) is 19.4 Å². The van der Waals surface area contributed by atoms with Crippen LogP contribution in [0.1, 0.15) is 62.3 Å². The van der Waals surface area contributed by atoms with Gasteiger partial charge in [-0.3, -0.25) is 9.59 Å². The van der Waals surface area contributed by atoms with Crippen molar-refractivity contribution in [1.29, 1.82) is 0 Å². The van der Waals surface area contributed by atoms with E-state index in [1.165, 1.54) is 4.90 Å². The number of ketones is 1. The summed E-state index contributed by atoms with van der Waals surface area (Å²) in [6.45, 7) is 5.53. The molecule has 0 radical (unpaired) electrons. The molecule has 3 atom stereocenters. The zero-order valence-corrected chi connectivity index (χ0v) is 22.2. The molecule has 3 aliphatic rings. The lowest BCUT2D eigenvalue weighted by atomic mass is 9.94. The number of carbonyl (C=O) groups is 2. The monoisotopic (exact) mass is 521 g/mol. The van der Waals surface area contributed by atoms with Crippen LogP contribution in [0.5, 0.6) is 17.2 Å². The van der Waals surface area contributed by atoms with Gasteiger partial charge in [0.2, 0.25) is 0 Å². The predicted molar refractivity (Wildman–Crippen MR) is 142 cm³/mol. The molecule has 8 heteroatoms. The Morgan fingerprint density at radius 1 is 1.16 bits per heavy atom. The van der Waals surface area contributed by atoms with E-state index < -0.39 is 17.7 Å². The van der Waals surface area contributed by atoms with Crippen LogP contribution in [-0.4, -0.2) is 60.8 Å². The number of benzene rings is 2. The Balaban J connectivity index is 1.57. The third kappa shape index (κ3) is 4.97. The SMILES string of the molecule is CCCCOc1ccc(C2C(=C(O)c3ccc4c(c3)CC(C)O4)C(=O)C(=O)N2CC2CCCO2)cc1OC. The van der Waals surface area contributed by atoms with Gasteiger partial charge in [-0.15, -0.1) is 0 Å². The maximum Gasteiger partial charge on any atom is 0.295 e. The number of aliphatic hydroxyl groups is 1. The number of Topliss-reactive ketones (excluding diaryl/α,β-unsaturated/α-hetero) is 1. The minimum atomic E-state index is -0.791. The first-order chi connectivity index (χ1) is 18.4. The second-order valence-corrected chi connectivity index (χ2v) is 10.2. The smallest absolute Gasteiger partial charge is 0.295 e. The number of rotatable bonds is 9. The third-order valence-electron chi connectivity index (χ3n) is 7.39. The fourth-order valence-corrected chi connectivity index (χ4v) is 5.45. The Bertz CT molecular complexity index is 1250. The van der Waals surface area contributed by atoms with Gasteiger partial charge in [0.15, 0.2) is 11.5 Å². The molecule has 3 aliphatic heterocycles. The van der Waals surface area contributed by atoms with Gasteiger partial charge < -0.3 is 29.0 Å².